The predicted molar refractivity (Wildman–Crippen MR) is 69.2 cm³/mol. The first-order valence-electron chi connectivity index (χ1n) is 5.90. The molecule has 1 aliphatic carbocycles. The van der Waals surface area contributed by atoms with E-state index in [1.54, 1.807) is 11.3 Å². The Balaban J connectivity index is 2.02. The highest BCUT2D eigenvalue weighted by molar-refractivity contribution is 7.10. The first kappa shape index (κ1) is 10.9. The molecule has 2 unspecified atom stereocenters. The molecule has 2 heterocycles. The highest BCUT2D eigenvalue weighted by Gasteiger charge is 2.40. The maximum atomic E-state index is 10.8. The molecule has 1 aliphatic rings. The van der Waals surface area contributed by atoms with Crippen LogP contribution in [0.1, 0.15) is 35.4 Å². The molecular weight excluding hydrogens is 230 g/mol. The van der Waals surface area contributed by atoms with Crippen molar-refractivity contribution in [1.29, 1.82) is 0 Å². The molecule has 0 spiro atoms. The number of rotatable bonds is 2. The summed E-state index contributed by atoms with van der Waals surface area (Å²) in [5.41, 5.74) is 1.56. The van der Waals surface area contributed by atoms with Gasteiger partial charge in [0, 0.05) is 22.7 Å². The zero-order valence-corrected chi connectivity index (χ0v) is 10.6. The number of fused-ring (bicyclic) bond motifs is 1. The molecule has 17 heavy (non-hydrogen) atoms. The monoisotopic (exact) mass is 245 g/mol. The summed E-state index contributed by atoms with van der Waals surface area (Å²) in [6.45, 7) is 1.91. The van der Waals surface area contributed by atoms with Crippen molar-refractivity contribution in [3.8, 4) is 0 Å². The van der Waals surface area contributed by atoms with Gasteiger partial charge in [-0.3, -0.25) is 4.98 Å². The van der Waals surface area contributed by atoms with Gasteiger partial charge < -0.3 is 5.11 Å². The maximum absolute atomic E-state index is 10.8. The molecule has 2 nitrogen and oxygen atoms in total. The molecule has 3 heteroatoms. The Morgan fingerprint density at radius 1 is 1.41 bits per heavy atom. The third-order valence-corrected chi connectivity index (χ3v) is 4.75. The van der Waals surface area contributed by atoms with E-state index in [4.69, 9.17) is 0 Å². The van der Waals surface area contributed by atoms with Gasteiger partial charge in [0.15, 0.2) is 0 Å². The van der Waals surface area contributed by atoms with Crippen molar-refractivity contribution in [1.82, 2.24) is 4.98 Å². The second-order valence-corrected chi connectivity index (χ2v) is 5.71. The molecule has 2 aromatic heterocycles. The quantitative estimate of drug-likeness (QED) is 0.882. The summed E-state index contributed by atoms with van der Waals surface area (Å²) in [5.74, 6) is 0.123. The van der Waals surface area contributed by atoms with E-state index in [1.807, 2.05) is 36.7 Å². The SMILES string of the molecule is CC(O)(c1cccs1)C1CCc2cccnc21. The Labute approximate surface area is 105 Å². The van der Waals surface area contributed by atoms with E-state index in [2.05, 4.69) is 11.1 Å². The molecule has 0 aromatic carbocycles. The van der Waals surface area contributed by atoms with Crippen LogP contribution in [0.15, 0.2) is 35.8 Å². The van der Waals surface area contributed by atoms with Gasteiger partial charge in [0.05, 0.1) is 0 Å². The van der Waals surface area contributed by atoms with Gasteiger partial charge in [0.2, 0.25) is 0 Å². The number of nitrogens with zero attached hydrogens (tertiary/aromatic N) is 1. The van der Waals surface area contributed by atoms with E-state index in [1.165, 1.54) is 5.56 Å². The van der Waals surface area contributed by atoms with Crippen LogP contribution >= 0.6 is 11.3 Å². The topological polar surface area (TPSA) is 33.1 Å². The average Bonchev–Trinajstić information content (AvgIpc) is 2.99. The van der Waals surface area contributed by atoms with Crippen molar-refractivity contribution < 1.29 is 5.11 Å². The first-order valence-corrected chi connectivity index (χ1v) is 6.77. The van der Waals surface area contributed by atoms with Crippen molar-refractivity contribution >= 4 is 11.3 Å². The van der Waals surface area contributed by atoms with E-state index in [-0.39, 0.29) is 5.92 Å². The van der Waals surface area contributed by atoms with Gasteiger partial charge in [-0.1, -0.05) is 12.1 Å². The number of pyridine rings is 1. The zero-order valence-electron chi connectivity index (χ0n) is 9.76. The fourth-order valence-corrected chi connectivity index (χ4v) is 3.54. The van der Waals surface area contributed by atoms with Gasteiger partial charge in [-0.05, 0) is 42.8 Å². The van der Waals surface area contributed by atoms with Crippen LogP contribution in [0, 0.1) is 0 Å². The van der Waals surface area contributed by atoms with E-state index in [0.717, 1.165) is 23.4 Å². The fraction of sp³-hybridized carbons (Fsp3) is 0.357. The second kappa shape index (κ2) is 3.93. The number of hydrogen-bond acceptors (Lipinski definition) is 3. The molecule has 88 valence electrons. The van der Waals surface area contributed by atoms with E-state index >= 15 is 0 Å². The van der Waals surface area contributed by atoms with Gasteiger partial charge in [0.25, 0.3) is 0 Å². The van der Waals surface area contributed by atoms with Crippen molar-refractivity contribution in [3.05, 3.63) is 52.0 Å². The smallest absolute Gasteiger partial charge is 0.104 e. The molecule has 2 atom stereocenters. The van der Waals surface area contributed by atoms with Crippen molar-refractivity contribution in [2.24, 2.45) is 0 Å². The second-order valence-electron chi connectivity index (χ2n) is 4.76. The minimum absolute atomic E-state index is 0.123. The van der Waals surface area contributed by atoms with Gasteiger partial charge >= 0.3 is 0 Å². The lowest BCUT2D eigenvalue weighted by Crippen LogP contribution is -2.28. The average molecular weight is 245 g/mol. The van der Waals surface area contributed by atoms with Crippen LogP contribution in [0.3, 0.4) is 0 Å². The van der Waals surface area contributed by atoms with Crippen LogP contribution in [0.5, 0.6) is 0 Å². The Morgan fingerprint density at radius 3 is 3.06 bits per heavy atom. The summed E-state index contributed by atoms with van der Waals surface area (Å²) in [6.07, 6.45) is 3.83. The van der Waals surface area contributed by atoms with Crippen LogP contribution in [0.2, 0.25) is 0 Å². The van der Waals surface area contributed by atoms with Crippen LogP contribution in [0.25, 0.3) is 0 Å². The van der Waals surface area contributed by atoms with E-state index < -0.39 is 5.60 Å². The number of thiophene rings is 1. The third kappa shape index (κ3) is 1.70. The standard InChI is InChI=1S/C14H15NOS/c1-14(16,12-5-3-9-17-12)11-7-6-10-4-2-8-15-13(10)11/h2-5,8-9,11,16H,6-7H2,1H3. The Hall–Kier alpha value is -1.19. The maximum Gasteiger partial charge on any atom is 0.104 e. The molecule has 0 bridgehead atoms. The minimum atomic E-state index is -0.798. The number of aliphatic hydroxyl groups is 1. The summed E-state index contributed by atoms with van der Waals surface area (Å²) in [7, 11) is 0. The number of aryl methyl sites for hydroxylation is 1. The van der Waals surface area contributed by atoms with Gasteiger partial charge in [0.1, 0.15) is 5.60 Å². The van der Waals surface area contributed by atoms with Crippen molar-refractivity contribution in [2.75, 3.05) is 0 Å². The minimum Gasteiger partial charge on any atom is -0.384 e. The zero-order chi connectivity index (χ0) is 11.9. The summed E-state index contributed by atoms with van der Waals surface area (Å²) in [6, 6.07) is 8.09. The normalized spacial score (nSPS) is 22.1. The lowest BCUT2D eigenvalue weighted by molar-refractivity contribution is 0.0293. The summed E-state index contributed by atoms with van der Waals surface area (Å²) in [5, 5.41) is 12.8. The van der Waals surface area contributed by atoms with Crippen LogP contribution in [-0.2, 0) is 12.0 Å². The molecule has 0 aliphatic heterocycles. The third-order valence-electron chi connectivity index (χ3n) is 3.66. The number of hydrogen-bond donors (Lipinski definition) is 1. The molecule has 0 amide bonds. The Morgan fingerprint density at radius 2 is 2.29 bits per heavy atom. The molecule has 0 saturated heterocycles. The summed E-state index contributed by atoms with van der Waals surface area (Å²) in [4.78, 5) is 5.49. The summed E-state index contributed by atoms with van der Waals surface area (Å²) < 4.78 is 0. The molecule has 0 saturated carbocycles. The Bertz CT molecular complexity index is 519. The molecule has 0 fully saturated rings. The largest absolute Gasteiger partial charge is 0.384 e. The lowest BCUT2D eigenvalue weighted by Gasteiger charge is -2.29. The predicted octanol–water partition coefficient (Wildman–Crippen LogP) is 3.08. The van der Waals surface area contributed by atoms with E-state index in [9.17, 15) is 5.11 Å². The molecule has 0 radical (unpaired) electrons. The van der Waals surface area contributed by atoms with Crippen molar-refractivity contribution in [3.63, 3.8) is 0 Å². The van der Waals surface area contributed by atoms with Gasteiger partial charge in [-0.15, -0.1) is 11.3 Å². The summed E-state index contributed by atoms with van der Waals surface area (Å²) >= 11 is 1.61. The molecule has 3 rings (SSSR count). The number of aromatic nitrogens is 1. The van der Waals surface area contributed by atoms with E-state index in [0.29, 0.717) is 0 Å². The van der Waals surface area contributed by atoms with Crippen molar-refractivity contribution in [2.45, 2.75) is 31.3 Å². The lowest BCUT2D eigenvalue weighted by atomic mass is 9.85. The Kier molecular flexibility index (Phi) is 2.53. The van der Waals surface area contributed by atoms with Gasteiger partial charge in [-0.25, -0.2) is 0 Å². The molecule has 1 N–H and O–H groups in total. The highest BCUT2D eigenvalue weighted by Crippen LogP contribution is 2.45. The first-order chi connectivity index (χ1) is 8.19. The van der Waals surface area contributed by atoms with Crippen LogP contribution in [-0.4, -0.2) is 10.1 Å². The molecular formula is C14H15NOS. The molecule has 2 aromatic rings. The highest BCUT2D eigenvalue weighted by atomic mass is 32.1. The van der Waals surface area contributed by atoms with Gasteiger partial charge in [-0.2, -0.15) is 0 Å². The van der Waals surface area contributed by atoms with Crippen LogP contribution in [0.4, 0.5) is 0 Å². The van der Waals surface area contributed by atoms with Crippen LogP contribution < -0.4 is 0 Å². The fourth-order valence-electron chi connectivity index (χ4n) is 2.70.